The summed E-state index contributed by atoms with van der Waals surface area (Å²) in [6.07, 6.45) is -2.70. The Morgan fingerprint density at radius 2 is 1.51 bits per heavy atom. The molecule has 0 spiro atoms. The molecule has 0 unspecified atom stereocenters. The fourth-order valence-corrected chi connectivity index (χ4v) is 5.77. The van der Waals surface area contributed by atoms with E-state index in [-0.39, 0.29) is 0 Å². The third-order valence-corrected chi connectivity index (χ3v) is 7.52. The predicted molar refractivity (Wildman–Crippen MR) is 138 cm³/mol. The molecule has 1 aromatic heterocycles. The number of halogens is 3. The van der Waals surface area contributed by atoms with Crippen LogP contribution in [-0.4, -0.2) is 39.6 Å². The highest BCUT2D eigenvalue weighted by Crippen LogP contribution is 2.51. The Bertz CT molecular complexity index is 1340. The number of carbonyl (C=O) groups is 1. The van der Waals surface area contributed by atoms with Gasteiger partial charge in [0.05, 0.1) is 0 Å². The second-order valence-corrected chi connectivity index (χ2v) is 9.99. The molecule has 2 N–H and O–H groups in total. The number of aromatic amines is 1. The van der Waals surface area contributed by atoms with E-state index >= 15 is 0 Å². The summed E-state index contributed by atoms with van der Waals surface area (Å²) in [6.45, 7) is -1.36. The van der Waals surface area contributed by atoms with Crippen molar-refractivity contribution in [2.75, 3.05) is 12.3 Å². The highest BCUT2D eigenvalue weighted by molar-refractivity contribution is 7.99. The van der Waals surface area contributed by atoms with E-state index in [1.54, 1.807) is 0 Å². The first-order valence-corrected chi connectivity index (χ1v) is 13.0. The van der Waals surface area contributed by atoms with Gasteiger partial charge in [-0.25, -0.2) is 4.98 Å². The number of nitrogens with one attached hydrogen (secondary N) is 2. The van der Waals surface area contributed by atoms with Gasteiger partial charge in [-0.05, 0) is 35.1 Å². The number of carbonyl (C=O) groups excluding carboxylic acids is 1. The molecule has 5 rings (SSSR count). The Morgan fingerprint density at radius 3 is 2.16 bits per heavy atom. The minimum absolute atomic E-state index is 0.397. The molecule has 1 heterocycles. The fourth-order valence-electron chi connectivity index (χ4n) is 4.98. The summed E-state index contributed by atoms with van der Waals surface area (Å²) in [5.41, 5.74) is 3.07. The normalized spacial score (nSPS) is 13.7. The van der Waals surface area contributed by atoms with Gasteiger partial charge in [-0.15, -0.1) is 5.10 Å². The van der Waals surface area contributed by atoms with Crippen LogP contribution in [0.25, 0.3) is 22.5 Å². The molecular formula is C28H25F3N4OS. The van der Waals surface area contributed by atoms with Crippen LogP contribution in [0.3, 0.4) is 0 Å². The SMILES string of the molecule is O=C(NCC(F)(F)F)C1(CCCCSc2n[nH]c(-c3ccccc3)n2)c2ccccc2-c2ccccc21. The molecule has 0 fully saturated rings. The first-order chi connectivity index (χ1) is 17.9. The van der Waals surface area contributed by atoms with Crippen molar-refractivity contribution >= 4 is 17.7 Å². The summed E-state index contributed by atoms with van der Waals surface area (Å²) in [5, 5.41) is 10.0. The van der Waals surface area contributed by atoms with Gasteiger partial charge in [-0.1, -0.05) is 97.0 Å². The van der Waals surface area contributed by atoms with Gasteiger partial charge in [0.25, 0.3) is 0 Å². The van der Waals surface area contributed by atoms with Crippen LogP contribution in [0.1, 0.15) is 30.4 Å². The summed E-state index contributed by atoms with van der Waals surface area (Å²) in [5.74, 6) is 0.800. The van der Waals surface area contributed by atoms with Gasteiger partial charge in [0, 0.05) is 11.3 Å². The van der Waals surface area contributed by atoms with Gasteiger partial charge in [0.2, 0.25) is 11.1 Å². The van der Waals surface area contributed by atoms with E-state index in [4.69, 9.17) is 0 Å². The lowest BCUT2D eigenvalue weighted by molar-refractivity contribution is -0.141. The Morgan fingerprint density at radius 1 is 0.892 bits per heavy atom. The summed E-state index contributed by atoms with van der Waals surface area (Å²) >= 11 is 1.51. The first-order valence-electron chi connectivity index (χ1n) is 12.0. The summed E-state index contributed by atoms with van der Waals surface area (Å²) in [4.78, 5) is 18.1. The topological polar surface area (TPSA) is 70.7 Å². The number of hydrogen-bond acceptors (Lipinski definition) is 4. The maximum atomic E-state index is 13.5. The van der Waals surface area contributed by atoms with E-state index in [2.05, 4.69) is 20.5 Å². The van der Waals surface area contributed by atoms with E-state index in [9.17, 15) is 18.0 Å². The van der Waals surface area contributed by atoms with Crippen molar-refractivity contribution in [3.63, 3.8) is 0 Å². The Labute approximate surface area is 216 Å². The van der Waals surface area contributed by atoms with Gasteiger partial charge < -0.3 is 5.32 Å². The zero-order chi connectivity index (χ0) is 25.9. The Hall–Kier alpha value is -3.59. The van der Waals surface area contributed by atoms with Gasteiger partial charge in [0.15, 0.2) is 5.82 Å². The number of hydrogen-bond donors (Lipinski definition) is 2. The van der Waals surface area contributed by atoms with Gasteiger partial charge in [-0.2, -0.15) is 13.2 Å². The quantitative estimate of drug-likeness (QED) is 0.198. The van der Waals surface area contributed by atoms with Gasteiger partial charge >= 0.3 is 6.18 Å². The van der Waals surface area contributed by atoms with Crippen LogP contribution < -0.4 is 5.32 Å². The minimum Gasteiger partial charge on any atom is -0.346 e. The van der Waals surface area contributed by atoms with Crippen molar-refractivity contribution in [3.8, 4) is 22.5 Å². The molecule has 0 radical (unpaired) electrons. The molecule has 0 atom stereocenters. The number of benzene rings is 3. The van der Waals surface area contributed by atoms with Gasteiger partial charge in [-0.3, -0.25) is 9.89 Å². The van der Waals surface area contributed by atoms with E-state index in [1.807, 2.05) is 78.9 Å². The summed E-state index contributed by atoms with van der Waals surface area (Å²) in [7, 11) is 0. The van der Waals surface area contributed by atoms with Crippen LogP contribution >= 0.6 is 11.8 Å². The highest BCUT2D eigenvalue weighted by Gasteiger charge is 2.49. The second-order valence-electron chi connectivity index (χ2n) is 8.93. The first kappa shape index (κ1) is 25.1. The number of nitrogens with zero attached hydrogens (tertiary/aromatic N) is 2. The fraction of sp³-hybridized carbons (Fsp3) is 0.250. The van der Waals surface area contributed by atoms with E-state index < -0.39 is 24.0 Å². The average molecular weight is 523 g/mol. The molecule has 4 aromatic rings. The highest BCUT2D eigenvalue weighted by atomic mass is 32.2. The lowest BCUT2D eigenvalue weighted by Crippen LogP contribution is -2.47. The smallest absolute Gasteiger partial charge is 0.346 e. The molecule has 9 heteroatoms. The zero-order valence-corrected chi connectivity index (χ0v) is 20.7. The number of aromatic nitrogens is 3. The third kappa shape index (κ3) is 5.13. The van der Waals surface area contributed by atoms with E-state index in [0.717, 1.165) is 40.0 Å². The van der Waals surface area contributed by atoms with Crippen LogP contribution in [0.5, 0.6) is 0 Å². The number of alkyl halides is 3. The van der Waals surface area contributed by atoms with E-state index in [1.165, 1.54) is 11.8 Å². The third-order valence-electron chi connectivity index (χ3n) is 6.59. The molecule has 0 aliphatic heterocycles. The van der Waals surface area contributed by atoms with Crippen LogP contribution in [0.4, 0.5) is 13.2 Å². The van der Waals surface area contributed by atoms with Crippen LogP contribution in [0.2, 0.25) is 0 Å². The zero-order valence-electron chi connectivity index (χ0n) is 19.9. The molecule has 1 amide bonds. The van der Waals surface area contributed by atoms with Crippen molar-refractivity contribution in [3.05, 3.63) is 90.0 Å². The van der Waals surface area contributed by atoms with Crippen molar-refractivity contribution in [2.45, 2.75) is 36.0 Å². The monoisotopic (exact) mass is 522 g/mol. The second kappa shape index (κ2) is 10.4. The van der Waals surface area contributed by atoms with Crippen molar-refractivity contribution < 1.29 is 18.0 Å². The lowest BCUT2D eigenvalue weighted by Gasteiger charge is -2.31. The molecule has 5 nitrogen and oxygen atoms in total. The number of unbranched alkanes of at least 4 members (excludes halogenated alkanes) is 1. The van der Waals surface area contributed by atoms with Crippen LogP contribution in [0, 0.1) is 0 Å². The van der Waals surface area contributed by atoms with Crippen molar-refractivity contribution in [2.24, 2.45) is 0 Å². The molecule has 1 aliphatic carbocycles. The predicted octanol–water partition coefficient (Wildman–Crippen LogP) is 6.38. The Balaban J connectivity index is 1.31. The Kier molecular flexibility index (Phi) is 7.06. The number of fused-ring (bicyclic) bond motifs is 3. The summed E-state index contributed by atoms with van der Waals surface area (Å²) < 4.78 is 39.0. The van der Waals surface area contributed by atoms with Gasteiger partial charge in [0.1, 0.15) is 12.0 Å². The number of rotatable bonds is 9. The van der Waals surface area contributed by atoms with Crippen molar-refractivity contribution in [1.29, 1.82) is 0 Å². The molecule has 37 heavy (non-hydrogen) atoms. The largest absolute Gasteiger partial charge is 0.405 e. The lowest BCUT2D eigenvalue weighted by atomic mass is 9.73. The van der Waals surface area contributed by atoms with Crippen molar-refractivity contribution in [1.82, 2.24) is 20.5 Å². The molecule has 1 aliphatic rings. The van der Waals surface area contributed by atoms with E-state index in [0.29, 0.717) is 23.8 Å². The molecule has 0 saturated heterocycles. The maximum absolute atomic E-state index is 13.5. The molecule has 0 saturated carbocycles. The molecule has 3 aromatic carbocycles. The number of H-pyrrole nitrogens is 1. The minimum atomic E-state index is -4.49. The average Bonchev–Trinajstić information content (AvgIpc) is 3.49. The summed E-state index contributed by atoms with van der Waals surface area (Å²) in [6, 6.07) is 24.7. The van der Waals surface area contributed by atoms with Crippen LogP contribution in [0.15, 0.2) is 84.0 Å². The molecular weight excluding hydrogens is 497 g/mol. The number of amides is 1. The number of thioether (sulfide) groups is 1. The standard InChI is InChI=1S/C28H25F3N4OS/c29-28(30,31)18-32-25(36)27(22-14-6-4-12-20(22)21-13-5-7-15-23(21)27)16-8-9-17-37-26-33-24(34-35-26)19-10-2-1-3-11-19/h1-7,10-15H,8-9,16-18H2,(H,32,36)(H,33,34,35). The molecule has 0 bridgehead atoms. The molecule has 190 valence electrons. The van der Waals surface area contributed by atoms with Crippen LogP contribution in [-0.2, 0) is 10.2 Å². The maximum Gasteiger partial charge on any atom is 0.405 e.